The molecule has 2 aliphatic rings. The fraction of sp³-hybridized carbons (Fsp3) is 0.538. The van der Waals surface area contributed by atoms with Crippen molar-refractivity contribution in [2.45, 2.75) is 38.5 Å². The van der Waals surface area contributed by atoms with E-state index >= 15 is 0 Å². The van der Waals surface area contributed by atoms with Gasteiger partial charge in [0.05, 0.1) is 0 Å². The molecule has 1 unspecified atom stereocenters. The molecule has 1 fully saturated rings. The van der Waals surface area contributed by atoms with Gasteiger partial charge in [0, 0.05) is 4.47 Å². The largest absolute Gasteiger partial charge is 0.0547 e. The fourth-order valence-corrected chi connectivity index (χ4v) is 3.13. The SMILES string of the molecule is Cc1cc2c(cc1Br)C(C1CC1)CC2. The molecule has 0 bridgehead atoms. The highest BCUT2D eigenvalue weighted by Gasteiger charge is 2.36. The van der Waals surface area contributed by atoms with Crippen LogP contribution in [-0.2, 0) is 6.42 Å². The minimum absolute atomic E-state index is 0.891. The number of rotatable bonds is 1. The average molecular weight is 251 g/mol. The van der Waals surface area contributed by atoms with E-state index in [0.717, 1.165) is 11.8 Å². The summed E-state index contributed by atoms with van der Waals surface area (Å²) in [5.41, 5.74) is 4.65. The maximum atomic E-state index is 3.65. The smallest absolute Gasteiger partial charge is 0.0207 e. The molecule has 0 heterocycles. The summed E-state index contributed by atoms with van der Waals surface area (Å²) in [6.07, 6.45) is 5.64. The third-order valence-corrected chi connectivity index (χ3v) is 4.59. The summed E-state index contributed by atoms with van der Waals surface area (Å²) in [7, 11) is 0. The minimum Gasteiger partial charge on any atom is -0.0547 e. The Kier molecular flexibility index (Phi) is 1.98. The van der Waals surface area contributed by atoms with Crippen molar-refractivity contribution in [3.63, 3.8) is 0 Å². The van der Waals surface area contributed by atoms with Crippen molar-refractivity contribution in [3.8, 4) is 0 Å². The molecular weight excluding hydrogens is 236 g/mol. The first kappa shape index (κ1) is 8.96. The van der Waals surface area contributed by atoms with Crippen LogP contribution in [-0.4, -0.2) is 0 Å². The quantitative estimate of drug-likeness (QED) is 0.701. The Bertz CT molecular complexity index is 377. The first-order valence-corrected chi connectivity index (χ1v) is 6.34. The molecule has 0 saturated heterocycles. The zero-order valence-electron chi connectivity index (χ0n) is 8.52. The highest BCUT2D eigenvalue weighted by atomic mass is 79.9. The Morgan fingerprint density at radius 2 is 2.00 bits per heavy atom. The second-order valence-corrected chi connectivity index (χ2v) is 5.64. The zero-order chi connectivity index (χ0) is 9.71. The summed E-state index contributed by atoms with van der Waals surface area (Å²) in [6, 6.07) is 4.75. The Balaban J connectivity index is 2.05. The van der Waals surface area contributed by atoms with E-state index in [-0.39, 0.29) is 0 Å². The standard InChI is InChI=1S/C13H15Br/c1-8-6-10-4-5-11(9-2-3-9)12(10)7-13(8)14/h6-7,9,11H,2-5H2,1H3. The van der Waals surface area contributed by atoms with E-state index in [1.54, 1.807) is 11.1 Å². The van der Waals surface area contributed by atoms with E-state index in [4.69, 9.17) is 0 Å². The van der Waals surface area contributed by atoms with E-state index in [9.17, 15) is 0 Å². The van der Waals surface area contributed by atoms with Crippen molar-refractivity contribution < 1.29 is 0 Å². The van der Waals surface area contributed by atoms with Gasteiger partial charge in [-0.15, -0.1) is 0 Å². The lowest BCUT2D eigenvalue weighted by atomic mass is 9.96. The van der Waals surface area contributed by atoms with Crippen molar-refractivity contribution in [3.05, 3.63) is 33.3 Å². The molecule has 1 aromatic carbocycles. The molecule has 0 aliphatic heterocycles. The Morgan fingerprint density at radius 1 is 1.21 bits per heavy atom. The van der Waals surface area contributed by atoms with Crippen LogP contribution in [0.5, 0.6) is 0 Å². The monoisotopic (exact) mass is 250 g/mol. The molecule has 0 nitrogen and oxygen atoms in total. The van der Waals surface area contributed by atoms with Crippen molar-refractivity contribution in [2.75, 3.05) is 0 Å². The van der Waals surface area contributed by atoms with Crippen LogP contribution in [0.4, 0.5) is 0 Å². The molecule has 3 rings (SSSR count). The molecule has 1 saturated carbocycles. The second-order valence-electron chi connectivity index (χ2n) is 4.78. The zero-order valence-corrected chi connectivity index (χ0v) is 10.1. The third kappa shape index (κ3) is 1.33. The van der Waals surface area contributed by atoms with Crippen molar-refractivity contribution in [1.82, 2.24) is 0 Å². The molecule has 1 aromatic rings. The number of benzene rings is 1. The fourth-order valence-electron chi connectivity index (χ4n) is 2.77. The molecule has 0 aromatic heterocycles. The molecular formula is C13H15Br. The molecule has 1 heteroatoms. The van der Waals surface area contributed by atoms with E-state index < -0.39 is 0 Å². The summed E-state index contributed by atoms with van der Waals surface area (Å²) < 4.78 is 1.30. The third-order valence-electron chi connectivity index (χ3n) is 3.74. The maximum absolute atomic E-state index is 3.65. The average Bonchev–Trinajstić information content (AvgIpc) is 2.91. The summed E-state index contributed by atoms with van der Waals surface area (Å²) in [6.45, 7) is 2.19. The van der Waals surface area contributed by atoms with Gasteiger partial charge in [-0.05, 0) is 67.2 Å². The van der Waals surface area contributed by atoms with Gasteiger partial charge in [-0.1, -0.05) is 22.0 Å². The van der Waals surface area contributed by atoms with Gasteiger partial charge in [-0.2, -0.15) is 0 Å². The van der Waals surface area contributed by atoms with Gasteiger partial charge in [0.1, 0.15) is 0 Å². The van der Waals surface area contributed by atoms with Gasteiger partial charge in [-0.3, -0.25) is 0 Å². The Morgan fingerprint density at radius 3 is 2.71 bits per heavy atom. The highest BCUT2D eigenvalue weighted by Crippen LogP contribution is 2.49. The van der Waals surface area contributed by atoms with Gasteiger partial charge < -0.3 is 0 Å². The molecule has 1 atom stereocenters. The molecule has 0 spiro atoms. The lowest BCUT2D eigenvalue weighted by molar-refractivity contribution is 0.600. The van der Waals surface area contributed by atoms with E-state index in [1.165, 1.54) is 35.7 Å². The van der Waals surface area contributed by atoms with Crippen LogP contribution in [0.25, 0.3) is 0 Å². The lowest BCUT2D eigenvalue weighted by Gasteiger charge is -2.11. The van der Waals surface area contributed by atoms with E-state index in [2.05, 4.69) is 35.0 Å². The van der Waals surface area contributed by atoms with Crippen LogP contribution in [0.15, 0.2) is 16.6 Å². The van der Waals surface area contributed by atoms with Crippen molar-refractivity contribution >= 4 is 15.9 Å². The van der Waals surface area contributed by atoms with Gasteiger partial charge in [0.2, 0.25) is 0 Å². The maximum Gasteiger partial charge on any atom is 0.0207 e. The predicted molar refractivity (Wildman–Crippen MR) is 62.7 cm³/mol. The minimum atomic E-state index is 0.891. The topological polar surface area (TPSA) is 0 Å². The molecule has 14 heavy (non-hydrogen) atoms. The Labute approximate surface area is 93.8 Å². The van der Waals surface area contributed by atoms with Crippen molar-refractivity contribution in [1.29, 1.82) is 0 Å². The number of fused-ring (bicyclic) bond motifs is 1. The lowest BCUT2D eigenvalue weighted by Crippen LogP contribution is -1.95. The summed E-state index contributed by atoms with van der Waals surface area (Å²) in [4.78, 5) is 0. The first-order valence-electron chi connectivity index (χ1n) is 5.54. The summed E-state index contributed by atoms with van der Waals surface area (Å²) in [5.74, 6) is 1.91. The van der Waals surface area contributed by atoms with E-state index in [0.29, 0.717) is 0 Å². The second kappa shape index (κ2) is 3.10. The highest BCUT2D eigenvalue weighted by molar-refractivity contribution is 9.10. The van der Waals surface area contributed by atoms with Crippen molar-refractivity contribution in [2.24, 2.45) is 5.92 Å². The number of hydrogen-bond acceptors (Lipinski definition) is 0. The van der Waals surface area contributed by atoms with Gasteiger partial charge in [0.25, 0.3) is 0 Å². The van der Waals surface area contributed by atoms with Crippen LogP contribution in [0.3, 0.4) is 0 Å². The van der Waals surface area contributed by atoms with Gasteiger partial charge in [0.15, 0.2) is 0 Å². The van der Waals surface area contributed by atoms with Gasteiger partial charge in [-0.25, -0.2) is 0 Å². The van der Waals surface area contributed by atoms with E-state index in [1.807, 2.05) is 0 Å². The van der Waals surface area contributed by atoms with Crippen LogP contribution in [0, 0.1) is 12.8 Å². The predicted octanol–water partition coefficient (Wildman–Crippen LogP) is 4.20. The number of aryl methyl sites for hydroxylation is 2. The normalized spacial score (nSPS) is 25.1. The molecule has 0 radical (unpaired) electrons. The summed E-state index contributed by atoms with van der Waals surface area (Å²) >= 11 is 3.65. The summed E-state index contributed by atoms with van der Waals surface area (Å²) in [5, 5.41) is 0. The van der Waals surface area contributed by atoms with Crippen LogP contribution < -0.4 is 0 Å². The Hall–Kier alpha value is -0.300. The number of halogens is 1. The van der Waals surface area contributed by atoms with Crippen LogP contribution >= 0.6 is 15.9 Å². The van der Waals surface area contributed by atoms with Crippen LogP contribution in [0.2, 0.25) is 0 Å². The first-order chi connectivity index (χ1) is 6.75. The molecule has 2 aliphatic carbocycles. The molecule has 0 amide bonds. The molecule has 0 N–H and O–H groups in total. The number of hydrogen-bond donors (Lipinski definition) is 0. The van der Waals surface area contributed by atoms with Crippen LogP contribution in [0.1, 0.15) is 41.9 Å². The van der Waals surface area contributed by atoms with Gasteiger partial charge >= 0.3 is 0 Å². The molecule has 74 valence electrons.